The molecule has 2 rings (SSSR count). The van der Waals surface area contributed by atoms with E-state index < -0.39 is 10.0 Å². The van der Waals surface area contributed by atoms with Gasteiger partial charge in [0.2, 0.25) is 10.0 Å². The minimum absolute atomic E-state index is 0.0677. The summed E-state index contributed by atoms with van der Waals surface area (Å²) in [6.07, 6.45) is 4.62. The van der Waals surface area contributed by atoms with Crippen molar-refractivity contribution in [2.75, 3.05) is 0 Å². The third-order valence-electron chi connectivity index (χ3n) is 3.89. The number of hydrogen-bond acceptors (Lipinski definition) is 3. The van der Waals surface area contributed by atoms with Crippen molar-refractivity contribution in [2.24, 2.45) is 0 Å². The second-order valence-electron chi connectivity index (χ2n) is 5.40. The van der Waals surface area contributed by atoms with E-state index in [1.165, 1.54) is 0 Å². The van der Waals surface area contributed by atoms with Gasteiger partial charge in [-0.15, -0.1) is 0 Å². The van der Waals surface area contributed by atoms with Crippen molar-refractivity contribution < 1.29 is 8.42 Å². The largest absolute Gasteiger partial charge is 0.271 e. The molecule has 0 amide bonds. The molecule has 1 saturated heterocycles. The van der Waals surface area contributed by atoms with Crippen LogP contribution in [0.5, 0.6) is 0 Å². The van der Waals surface area contributed by atoms with E-state index in [1.54, 1.807) is 22.1 Å². The van der Waals surface area contributed by atoms with Gasteiger partial charge in [-0.2, -0.15) is 9.40 Å². The van der Waals surface area contributed by atoms with Crippen LogP contribution in [0.4, 0.5) is 0 Å². The molecule has 1 aromatic rings. The van der Waals surface area contributed by atoms with Gasteiger partial charge in [0, 0.05) is 24.8 Å². The van der Waals surface area contributed by atoms with Gasteiger partial charge in [-0.05, 0) is 40.5 Å². The quantitative estimate of drug-likeness (QED) is 0.855. The Hall–Kier alpha value is -0.880. The lowest BCUT2D eigenvalue weighted by Gasteiger charge is -2.37. The number of piperidine rings is 1. The molecule has 19 heavy (non-hydrogen) atoms. The number of rotatable bonds is 3. The molecule has 6 heteroatoms. The molecule has 0 aliphatic carbocycles. The Labute approximate surface area is 115 Å². The number of sulfonamides is 1. The molecule has 0 saturated carbocycles. The maximum Gasteiger partial charge on any atom is 0.246 e. The molecular formula is C13H23N3O2S. The van der Waals surface area contributed by atoms with Crippen molar-refractivity contribution in [2.45, 2.75) is 70.5 Å². The molecule has 0 aromatic carbocycles. The van der Waals surface area contributed by atoms with Crippen LogP contribution in [0.1, 0.15) is 45.7 Å². The minimum Gasteiger partial charge on any atom is -0.271 e. The van der Waals surface area contributed by atoms with Crippen molar-refractivity contribution in [1.82, 2.24) is 14.1 Å². The van der Waals surface area contributed by atoms with E-state index >= 15 is 0 Å². The van der Waals surface area contributed by atoms with Crippen LogP contribution in [0.2, 0.25) is 0 Å². The van der Waals surface area contributed by atoms with Crippen LogP contribution in [0.25, 0.3) is 0 Å². The summed E-state index contributed by atoms with van der Waals surface area (Å²) in [7, 11) is -3.43. The van der Waals surface area contributed by atoms with Gasteiger partial charge in [-0.25, -0.2) is 8.42 Å². The standard InChI is InChI=1S/C13H23N3O2S/c1-5-15-9-13(12(4)14-15)19(17,18)16-10(2)7-6-8-11(16)3/h9-11H,5-8H2,1-4H3. The monoisotopic (exact) mass is 285 g/mol. The highest BCUT2D eigenvalue weighted by Gasteiger charge is 2.37. The fourth-order valence-electron chi connectivity index (χ4n) is 2.90. The summed E-state index contributed by atoms with van der Waals surface area (Å²) in [5, 5.41) is 4.25. The van der Waals surface area contributed by atoms with Crippen LogP contribution >= 0.6 is 0 Å². The molecule has 0 bridgehead atoms. The molecule has 1 aliphatic rings. The molecule has 108 valence electrons. The summed E-state index contributed by atoms with van der Waals surface area (Å²) < 4.78 is 29.0. The van der Waals surface area contributed by atoms with Crippen molar-refractivity contribution in [3.63, 3.8) is 0 Å². The Balaban J connectivity index is 2.43. The summed E-state index contributed by atoms with van der Waals surface area (Å²) in [6.45, 7) is 8.38. The third kappa shape index (κ3) is 2.56. The molecule has 1 aliphatic heterocycles. The fourth-order valence-corrected chi connectivity index (χ4v) is 4.95. The second-order valence-corrected chi connectivity index (χ2v) is 7.21. The Morgan fingerprint density at radius 3 is 2.37 bits per heavy atom. The van der Waals surface area contributed by atoms with Gasteiger partial charge in [0.05, 0.1) is 5.69 Å². The van der Waals surface area contributed by atoms with Crippen molar-refractivity contribution in [3.05, 3.63) is 11.9 Å². The smallest absolute Gasteiger partial charge is 0.246 e. The van der Waals surface area contributed by atoms with E-state index in [0.717, 1.165) is 19.3 Å². The average Bonchev–Trinajstić information content (AvgIpc) is 2.70. The van der Waals surface area contributed by atoms with E-state index in [4.69, 9.17) is 0 Å². The van der Waals surface area contributed by atoms with Gasteiger partial charge in [-0.1, -0.05) is 6.42 Å². The number of aromatic nitrogens is 2. The highest BCUT2D eigenvalue weighted by molar-refractivity contribution is 7.89. The van der Waals surface area contributed by atoms with Gasteiger partial charge in [0.25, 0.3) is 0 Å². The summed E-state index contributed by atoms with van der Waals surface area (Å²) >= 11 is 0. The van der Waals surface area contributed by atoms with E-state index in [9.17, 15) is 8.42 Å². The van der Waals surface area contributed by atoms with Gasteiger partial charge < -0.3 is 0 Å². The molecule has 2 heterocycles. The van der Waals surface area contributed by atoms with Gasteiger partial charge in [0.1, 0.15) is 4.90 Å². The predicted molar refractivity (Wildman–Crippen MR) is 74.4 cm³/mol. The first-order chi connectivity index (χ1) is 8.87. The Morgan fingerprint density at radius 2 is 1.89 bits per heavy atom. The zero-order valence-corrected chi connectivity index (χ0v) is 12.9. The SMILES string of the molecule is CCn1cc(S(=O)(=O)N2C(C)CCCC2C)c(C)n1. The molecule has 1 fully saturated rings. The molecule has 2 atom stereocenters. The van der Waals surface area contributed by atoms with Gasteiger partial charge in [0.15, 0.2) is 0 Å². The highest BCUT2D eigenvalue weighted by Crippen LogP contribution is 2.30. The molecule has 2 unspecified atom stereocenters. The summed E-state index contributed by atoms with van der Waals surface area (Å²) in [4.78, 5) is 0.356. The Kier molecular flexibility index (Phi) is 4.01. The first-order valence-electron chi connectivity index (χ1n) is 6.95. The van der Waals surface area contributed by atoms with Gasteiger partial charge in [-0.3, -0.25) is 4.68 Å². The minimum atomic E-state index is -3.43. The predicted octanol–water partition coefficient (Wildman–Crippen LogP) is 2.16. The second kappa shape index (κ2) is 5.25. The van der Waals surface area contributed by atoms with Crippen LogP contribution in [0.3, 0.4) is 0 Å². The lowest BCUT2D eigenvalue weighted by Crippen LogP contribution is -2.47. The first kappa shape index (κ1) is 14.5. The normalized spacial score (nSPS) is 25.7. The molecule has 0 spiro atoms. The molecular weight excluding hydrogens is 262 g/mol. The van der Waals surface area contributed by atoms with Crippen molar-refractivity contribution >= 4 is 10.0 Å². The lowest BCUT2D eigenvalue weighted by molar-refractivity contribution is 0.204. The topological polar surface area (TPSA) is 55.2 Å². The van der Waals surface area contributed by atoms with Crippen LogP contribution in [0.15, 0.2) is 11.1 Å². The maximum atomic E-state index is 12.8. The number of hydrogen-bond donors (Lipinski definition) is 0. The molecule has 5 nitrogen and oxygen atoms in total. The Morgan fingerprint density at radius 1 is 1.32 bits per heavy atom. The number of aryl methyl sites for hydroxylation is 2. The van der Waals surface area contributed by atoms with E-state index in [0.29, 0.717) is 17.1 Å². The molecule has 0 radical (unpaired) electrons. The average molecular weight is 285 g/mol. The summed E-state index contributed by atoms with van der Waals surface area (Å²) in [5.74, 6) is 0. The van der Waals surface area contributed by atoms with E-state index in [2.05, 4.69) is 5.10 Å². The van der Waals surface area contributed by atoms with Crippen LogP contribution in [-0.4, -0.2) is 34.6 Å². The number of nitrogens with zero attached hydrogens (tertiary/aromatic N) is 3. The zero-order valence-electron chi connectivity index (χ0n) is 12.1. The van der Waals surface area contributed by atoms with Crippen LogP contribution in [0, 0.1) is 6.92 Å². The fraction of sp³-hybridized carbons (Fsp3) is 0.769. The molecule has 1 aromatic heterocycles. The maximum absolute atomic E-state index is 12.8. The first-order valence-corrected chi connectivity index (χ1v) is 8.39. The summed E-state index contributed by atoms with van der Waals surface area (Å²) in [5.41, 5.74) is 0.590. The Bertz CT molecular complexity index is 540. The third-order valence-corrected chi connectivity index (χ3v) is 6.12. The van der Waals surface area contributed by atoms with Crippen LogP contribution in [-0.2, 0) is 16.6 Å². The molecule has 0 N–H and O–H groups in total. The van der Waals surface area contributed by atoms with Gasteiger partial charge >= 0.3 is 0 Å². The van der Waals surface area contributed by atoms with E-state index in [1.807, 2.05) is 20.8 Å². The summed E-state index contributed by atoms with van der Waals surface area (Å²) in [6, 6.07) is 0.135. The van der Waals surface area contributed by atoms with Crippen molar-refractivity contribution in [3.8, 4) is 0 Å². The van der Waals surface area contributed by atoms with E-state index in [-0.39, 0.29) is 12.1 Å². The lowest BCUT2D eigenvalue weighted by atomic mass is 10.0. The zero-order chi connectivity index (χ0) is 14.2. The highest BCUT2D eigenvalue weighted by atomic mass is 32.2. The van der Waals surface area contributed by atoms with Crippen LogP contribution < -0.4 is 0 Å². The van der Waals surface area contributed by atoms with Crippen molar-refractivity contribution in [1.29, 1.82) is 0 Å².